The summed E-state index contributed by atoms with van der Waals surface area (Å²) in [6, 6.07) is 8.70. The SMILES string of the molecule is CCCc1c(OCCCCOc2ccc(C#N)cn2)ccc(C(C)=O)c1O. The van der Waals surface area contributed by atoms with E-state index in [2.05, 4.69) is 4.98 Å². The standard InChI is InChI=1S/C21H24N2O4/c1-3-6-18-19(9-8-17(15(2)24)21(18)25)26-11-4-5-12-27-20-10-7-16(13-22)14-23-20/h7-10,14,25H,3-6,11-12H2,1-2H3. The van der Waals surface area contributed by atoms with Crippen LogP contribution in [0.3, 0.4) is 0 Å². The van der Waals surface area contributed by atoms with Crippen LogP contribution in [-0.2, 0) is 6.42 Å². The molecule has 0 saturated carbocycles. The summed E-state index contributed by atoms with van der Waals surface area (Å²) in [4.78, 5) is 15.6. The number of Topliss-reactive ketones (excluding diaryl/α,β-unsaturated/α-hetero) is 1. The maximum Gasteiger partial charge on any atom is 0.213 e. The van der Waals surface area contributed by atoms with E-state index in [9.17, 15) is 9.90 Å². The predicted molar refractivity (Wildman–Crippen MR) is 101 cm³/mol. The molecule has 1 N–H and O–H groups in total. The summed E-state index contributed by atoms with van der Waals surface area (Å²) in [5, 5.41) is 19.1. The van der Waals surface area contributed by atoms with Crippen molar-refractivity contribution in [3.8, 4) is 23.4 Å². The maximum absolute atomic E-state index is 11.6. The molecule has 142 valence electrons. The largest absolute Gasteiger partial charge is 0.507 e. The van der Waals surface area contributed by atoms with Crippen molar-refractivity contribution in [1.82, 2.24) is 4.98 Å². The van der Waals surface area contributed by atoms with Crippen LogP contribution in [-0.4, -0.2) is 29.1 Å². The zero-order chi connectivity index (χ0) is 19.6. The van der Waals surface area contributed by atoms with Crippen molar-refractivity contribution in [1.29, 1.82) is 5.26 Å². The molecular weight excluding hydrogens is 344 g/mol. The average molecular weight is 368 g/mol. The van der Waals surface area contributed by atoms with Gasteiger partial charge in [0.1, 0.15) is 17.6 Å². The van der Waals surface area contributed by atoms with E-state index in [0.29, 0.717) is 48.0 Å². The molecule has 6 heteroatoms. The molecule has 27 heavy (non-hydrogen) atoms. The van der Waals surface area contributed by atoms with Gasteiger partial charge in [0, 0.05) is 17.8 Å². The number of aromatic nitrogens is 1. The Hall–Kier alpha value is -3.07. The number of hydrogen-bond acceptors (Lipinski definition) is 6. The minimum atomic E-state index is -0.162. The van der Waals surface area contributed by atoms with Crippen molar-refractivity contribution in [3.05, 3.63) is 47.2 Å². The summed E-state index contributed by atoms with van der Waals surface area (Å²) in [6.07, 6.45) is 4.52. The molecule has 0 fully saturated rings. The van der Waals surface area contributed by atoms with Crippen molar-refractivity contribution in [2.75, 3.05) is 13.2 Å². The number of nitrogens with zero attached hydrogens (tertiary/aromatic N) is 2. The Kier molecular flexibility index (Phi) is 7.63. The van der Waals surface area contributed by atoms with Crippen molar-refractivity contribution in [3.63, 3.8) is 0 Å². The van der Waals surface area contributed by atoms with E-state index in [-0.39, 0.29) is 11.5 Å². The van der Waals surface area contributed by atoms with Crippen LogP contribution >= 0.6 is 0 Å². The number of pyridine rings is 1. The van der Waals surface area contributed by atoms with Gasteiger partial charge >= 0.3 is 0 Å². The number of nitriles is 1. The maximum atomic E-state index is 11.6. The number of carbonyl (C=O) groups excluding carboxylic acids is 1. The molecule has 2 rings (SSSR count). The second-order valence-electron chi connectivity index (χ2n) is 6.15. The van der Waals surface area contributed by atoms with Crippen molar-refractivity contribution >= 4 is 5.78 Å². The smallest absolute Gasteiger partial charge is 0.213 e. The average Bonchev–Trinajstić information content (AvgIpc) is 2.67. The number of rotatable bonds is 10. The van der Waals surface area contributed by atoms with Gasteiger partial charge in [0.15, 0.2) is 5.78 Å². The van der Waals surface area contributed by atoms with Crippen LogP contribution in [0.1, 0.15) is 54.6 Å². The third-order valence-electron chi connectivity index (χ3n) is 4.03. The number of phenolic OH excluding ortho intramolecular Hbond substituents is 1. The molecule has 6 nitrogen and oxygen atoms in total. The van der Waals surface area contributed by atoms with Crippen LogP contribution in [0.25, 0.3) is 0 Å². The topological polar surface area (TPSA) is 92.4 Å². The minimum absolute atomic E-state index is 0.0251. The number of carbonyl (C=O) groups is 1. The van der Waals surface area contributed by atoms with Gasteiger partial charge < -0.3 is 14.6 Å². The van der Waals surface area contributed by atoms with E-state index in [1.807, 2.05) is 13.0 Å². The lowest BCUT2D eigenvalue weighted by Crippen LogP contribution is -2.05. The number of hydrogen-bond donors (Lipinski definition) is 1. The Morgan fingerprint density at radius 3 is 2.52 bits per heavy atom. The highest BCUT2D eigenvalue weighted by Gasteiger charge is 2.15. The number of aromatic hydroxyl groups is 1. The molecule has 0 radical (unpaired) electrons. The number of unbranched alkanes of at least 4 members (excludes halogenated alkanes) is 1. The van der Waals surface area contributed by atoms with E-state index in [0.717, 1.165) is 19.3 Å². The quantitative estimate of drug-likeness (QED) is 0.502. The van der Waals surface area contributed by atoms with Gasteiger partial charge in [-0.25, -0.2) is 4.98 Å². The molecule has 0 spiro atoms. The molecule has 0 amide bonds. The van der Waals surface area contributed by atoms with Gasteiger partial charge in [0.05, 0.1) is 24.3 Å². The van der Waals surface area contributed by atoms with E-state index in [1.54, 1.807) is 24.3 Å². The van der Waals surface area contributed by atoms with Gasteiger partial charge in [-0.2, -0.15) is 5.26 Å². The molecule has 0 aliphatic rings. The highest BCUT2D eigenvalue weighted by Crippen LogP contribution is 2.33. The predicted octanol–water partition coefficient (Wildman–Crippen LogP) is 4.05. The summed E-state index contributed by atoms with van der Waals surface area (Å²) in [5.74, 6) is 0.973. The Balaban J connectivity index is 1.81. The lowest BCUT2D eigenvalue weighted by atomic mass is 10.0. The Bertz CT molecular complexity index is 810. The summed E-state index contributed by atoms with van der Waals surface area (Å²) in [6.45, 7) is 4.44. The van der Waals surface area contributed by atoms with Crippen LogP contribution < -0.4 is 9.47 Å². The van der Waals surface area contributed by atoms with Gasteiger partial charge in [0.2, 0.25) is 5.88 Å². The first kappa shape index (κ1) is 20.2. The van der Waals surface area contributed by atoms with Gasteiger partial charge in [-0.1, -0.05) is 13.3 Å². The summed E-state index contributed by atoms with van der Waals surface area (Å²) >= 11 is 0. The Labute approximate surface area is 159 Å². The summed E-state index contributed by atoms with van der Waals surface area (Å²) in [7, 11) is 0. The fourth-order valence-corrected chi connectivity index (χ4v) is 2.62. The molecule has 0 aliphatic heterocycles. The minimum Gasteiger partial charge on any atom is -0.507 e. The van der Waals surface area contributed by atoms with Gasteiger partial charge in [0.25, 0.3) is 0 Å². The highest BCUT2D eigenvalue weighted by molar-refractivity contribution is 5.97. The number of benzene rings is 1. The molecular formula is C21H24N2O4. The fraction of sp³-hybridized carbons (Fsp3) is 0.381. The third-order valence-corrected chi connectivity index (χ3v) is 4.03. The molecule has 0 atom stereocenters. The monoisotopic (exact) mass is 368 g/mol. The Morgan fingerprint density at radius 2 is 1.93 bits per heavy atom. The number of ether oxygens (including phenoxy) is 2. The second-order valence-corrected chi connectivity index (χ2v) is 6.15. The molecule has 0 unspecified atom stereocenters. The van der Waals surface area contributed by atoms with E-state index >= 15 is 0 Å². The first-order chi connectivity index (χ1) is 13.1. The van der Waals surface area contributed by atoms with Crippen LogP contribution in [0, 0.1) is 11.3 Å². The van der Waals surface area contributed by atoms with Gasteiger partial charge in [-0.3, -0.25) is 4.79 Å². The molecule has 1 heterocycles. The molecule has 0 bridgehead atoms. The van der Waals surface area contributed by atoms with Crippen molar-refractivity contribution in [2.45, 2.75) is 39.5 Å². The summed E-state index contributed by atoms with van der Waals surface area (Å²) in [5.41, 5.74) is 1.51. The molecule has 1 aromatic carbocycles. The van der Waals surface area contributed by atoms with Crippen LogP contribution in [0.5, 0.6) is 17.4 Å². The first-order valence-corrected chi connectivity index (χ1v) is 9.04. The number of ketones is 1. The van der Waals surface area contributed by atoms with Gasteiger partial charge in [-0.15, -0.1) is 0 Å². The zero-order valence-electron chi connectivity index (χ0n) is 15.7. The summed E-state index contributed by atoms with van der Waals surface area (Å²) < 4.78 is 11.3. The molecule has 2 aromatic rings. The molecule has 1 aromatic heterocycles. The molecule has 0 aliphatic carbocycles. The van der Waals surface area contributed by atoms with Crippen LogP contribution in [0.4, 0.5) is 0 Å². The zero-order valence-corrected chi connectivity index (χ0v) is 15.7. The third kappa shape index (κ3) is 5.71. The van der Waals surface area contributed by atoms with Gasteiger partial charge in [-0.05, 0) is 44.4 Å². The van der Waals surface area contributed by atoms with Crippen LogP contribution in [0.2, 0.25) is 0 Å². The fourth-order valence-electron chi connectivity index (χ4n) is 2.62. The van der Waals surface area contributed by atoms with E-state index < -0.39 is 0 Å². The lowest BCUT2D eigenvalue weighted by molar-refractivity contribution is 0.101. The molecule has 0 saturated heterocycles. The normalized spacial score (nSPS) is 10.3. The second kappa shape index (κ2) is 10.2. The number of phenols is 1. The van der Waals surface area contributed by atoms with Crippen molar-refractivity contribution < 1.29 is 19.4 Å². The first-order valence-electron chi connectivity index (χ1n) is 9.04. The van der Waals surface area contributed by atoms with E-state index in [4.69, 9.17) is 14.7 Å². The van der Waals surface area contributed by atoms with Crippen LogP contribution in [0.15, 0.2) is 30.5 Å². The van der Waals surface area contributed by atoms with E-state index in [1.165, 1.54) is 13.1 Å². The highest BCUT2D eigenvalue weighted by atomic mass is 16.5. The van der Waals surface area contributed by atoms with Crippen molar-refractivity contribution in [2.24, 2.45) is 0 Å². The Morgan fingerprint density at radius 1 is 1.19 bits per heavy atom. The lowest BCUT2D eigenvalue weighted by Gasteiger charge is -2.14.